The van der Waals surface area contributed by atoms with E-state index in [9.17, 15) is 9.59 Å². The minimum atomic E-state index is -0.499. The smallest absolute Gasteiger partial charge is 0.265 e. The third-order valence-corrected chi connectivity index (χ3v) is 3.99. The van der Waals surface area contributed by atoms with E-state index < -0.39 is 6.10 Å². The van der Waals surface area contributed by atoms with Gasteiger partial charge in [0, 0.05) is 5.69 Å². The molecule has 1 saturated heterocycles. The number of carbonyl (C=O) groups excluding carboxylic acids is 2. The molecule has 0 bridgehead atoms. The van der Waals surface area contributed by atoms with Crippen LogP contribution in [0.3, 0.4) is 0 Å². The van der Waals surface area contributed by atoms with E-state index in [-0.39, 0.29) is 17.9 Å². The van der Waals surface area contributed by atoms with Crippen molar-refractivity contribution in [3.8, 4) is 5.75 Å². The lowest BCUT2D eigenvalue weighted by Gasteiger charge is -2.24. The number of hydrogen-bond donors (Lipinski definition) is 3. The van der Waals surface area contributed by atoms with Crippen LogP contribution in [0.5, 0.6) is 5.75 Å². The summed E-state index contributed by atoms with van der Waals surface area (Å²) in [5.74, 6) is 0.715. The monoisotopic (exact) mass is 289 g/mol. The molecule has 1 aromatic rings. The van der Waals surface area contributed by atoms with Crippen molar-refractivity contribution < 1.29 is 14.3 Å². The van der Waals surface area contributed by atoms with Crippen LogP contribution < -0.4 is 20.7 Å². The highest BCUT2D eigenvalue weighted by Crippen LogP contribution is 2.32. The fourth-order valence-electron chi connectivity index (χ4n) is 2.69. The molecule has 3 atom stereocenters. The molecule has 6 heteroatoms. The molecule has 2 heterocycles. The van der Waals surface area contributed by atoms with Crippen LogP contribution in [0.4, 0.5) is 11.4 Å². The van der Waals surface area contributed by atoms with Crippen LogP contribution in [0.2, 0.25) is 0 Å². The Morgan fingerprint density at radius 2 is 2.19 bits per heavy atom. The highest BCUT2D eigenvalue weighted by atomic mass is 16.5. The first-order chi connectivity index (χ1) is 10.0. The first kappa shape index (κ1) is 13.9. The van der Waals surface area contributed by atoms with E-state index in [1.54, 1.807) is 25.1 Å². The lowest BCUT2D eigenvalue weighted by atomic mass is 10.0. The molecule has 0 aromatic heterocycles. The second-order valence-corrected chi connectivity index (χ2v) is 5.65. The first-order valence-electron chi connectivity index (χ1n) is 7.20. The Hall–Kier alpha value is -2.08. The van der Waals surface area contributed by atoms with Crippen molar-refractivity contribution in [3.05, 3.63) is 18.2 Å². The van der Waals surface area contributed by atoms with Gasteiger partial charge in [0.2, 0.25) is 5.91 Å². The van der Waals surface area contributed by atoms with E-state index in [2.05, 4.69) is 22.9 Å². The number of nitrogens with one attached hydrogen (secondary N) is 3. The quantitative estimate of drug-likeness (QED) is 0.767. The molecule has 3 rings (SSSR count). The van der Waals surface area contributed by atoms with Gasteiger partial charge in [-0.05, 0) is 44.0 Å². The van der Waals surface area contributed by atoms with Crippen LogP contribution in [0.25, 0.3) is 0 Å². The Morgan fingerprint density at radius 3 is 2.90 bits per heavy atom. The summed E-state index contributed by atoms with van der Waals surface area (Å²) in [6, 6.07) is 5.09. The molecule has 2 amide bonds. The number of hydrogen-bond acceptors (Lipinski definition) is 4. The van der Waals surface area contributed by atoms with E-state index in [1.165, 1.54) is 0 Å². The maximum atomic E-state index is 12.2. The van der Waals surface area contributed by atoms with Gasteiger partial charge in [0.1, 0.15) is 5.75 Å². The Morgan fingerprint density at radius 1 is 1.38 bits per heavy atom. The molecule has 0 aliphatic carbocycles. The van der Waals surface area contributed by atoms with Crippen LogP contribution in [0.15, 0.2) is 18.2 Å². The Bertz CT molecular complexity index is 588. The highest BCUT2D eigenvalue weighted by molar-refractivity contribution is 6.00. The molecule has 1 fully saturated rings. The maximum Gasteiger partial charge on any atom is 0.265 e. The van der Waals surface area contributed by atoms with E-state index in [0.29, 0.717) is 23.0 Å². The number of benzene rings is 1. The molecule has 2 aliphatic rings. The molecule has 21 heavy (non-hydrogen) atoms. The molecule has 0 spiro atoms. The molecule has 3 N–H and O–H groups in total. The normalized spacial score (nSPS) is 27.5. The number of carbonyl (C=O) groups is 2. The lowest BCUT2D eigenvalue weighted by Crippen LogP contribution is -2.39. The van der Waals surface area contributed by atoms with Gasteiger partial charge < -0.3 is 20.7 Å². The van der Waals surface area contributed by atoms with E-state index in [1.807, 2.05) is 0 Å². The molecule has 0 radical (unpaired) electrons. The van der Waals surface area contributed by atoms with Gasteiger partial charge in [-0.2, -0.15) is 0 Å². The first-order valence-corrected chi connectivity index (χ1v) is 7.20. The van der Waals surface area contributed by atoms with Crippen molar-refractivity contribution >= 4 is 23.2 Å². The SMILES string of the molecule is CC1Oc2ccc(NC(=O)C3NCCC3C)cc2NC1=O. The molecule has 3 unspecified atom stereocenters. The fraction of sp³-hybridized carbons (Fsp3) is 0.467. The van der Waals surface area contributed by atoms with Gasteiger partial charge in [0.25, 0.3) is 5.91 Å². The van der Waals surface area contributed by atoms with E-state index >= 15 is 0 Å². The van der Waals surface area contributed by atoms with Crippen molar-refractivity contribution in [2.75, 3.05) is 17.2 Å². The van der Waals surface area contributed by atoms with E-state index in [4.69, 9.17) is 4.74 Å². The fourth-order valence-corrected chi connectivity index (χ4v) is 2.69. The van der Waals surface area contributed by atoms with Crippen LogP contribution in [-0.4, -0.2) is 30.5 Å². The molecular weight excluding hydrogens is 270 g/mol. The molecule has 1 aromatic carbocycles. The summed E-state index contributed by atoms with van der Waals surface area (Å²) in [5.41, 5.74) is 1.24. The number of rotatable bonds is 2. The largest absolute Gasteiger partial charge is 0.479 e. The van der Waals surface area contributed by atoms with Crippen molar-refractivity contribution in [1.29, 1.82) is 0 Å². The third kappa shape index (κ3) is 2.71. The number of fused-ring (bicyclic) bond motifs is 1. The van der Waals surface area contributed by atoms with Crippen LogP contribution in [0.1, 0.15) is 20.3 Å². The standard InChI is InChI=1S/C15H19N3O3/c1-8-5-6-16-13(8)15(20)17-10-3-4-12-11(7-10)18-14(19)9(2)21-12/h3-4,7-9,13,16H,5-6H2,1-2H3,(H,17,20)(H,18,19). The van der Waals surface area contributed by atoms with Crippen molar-refractivity contribution in [2.24, 2.45) is 5.92 Å². The summed E-state index contributed by atoms with van der Waals surface area (Å²) in [5, 5.41) is 8.85. The van der Waals surface area contributed by atoms with Crippen LogP contribution in [-0.2, 0) is 9.59 Å². The summed E-state index contributed by atoms with van der Waals surface area (Å²) in [4.78, 5) is 23.8. The number of anilines is 2. The minimum Gasteiger partial charge on any atom is -0.479 e. The summed E-state index contributed by atoms with van der Waals surface area (Å²) < 4.78 is 5.48. The van der Waals surface area contributed by atoms with Crippen molar-refractivity contribution in [2.45, 2.75) is 32.4 Å². The highest BCUT2D eigenvalue weighted by Gasteiger charge is 2.29. The van der Waals surface area contributed by atoms with Gasteiger partial charge in [-0.15, -0.1) is 0 Å². The van der Waals surface area contributed by atoms with Gasteiger partial charge in [-0.25, -0.2) is 0 Å². The number of ether oxygens (including phenoxy) is 1. The van der Waals surface area contributed by atoms with Crippen molar-refractivity contribution in [3.63, 3.8) is 0 Å². The molecule has 2 aliphatic heterocycles. The van der Waals surface area contributed by atoms with Gasteiger partial charge in [0.05, 0.1) is 11.7 Å². The van der Waals surface area contributed by atoms with E-state index in [0.717, 1.165) is 13.0 Å². The summed E-state index contributed by atoms with van der Waals surface area (Å²) >= 11 is 0. The molecule has 6 nitrogen and oxygen atoms in total. The average molecular weight is 289 g/mol. The van der Waals surface area contributed by atoms with Crippen LogP contribution in [0, 0.1) is 5.92 Å². The molecule has 0 saturated carbocycles. The topological polar surface area (TPSA) is 79.5 Å². The maximum absolute atomic E-state index is 12.2. The zero-order chi connectivity index (χ0) is 15.0. The molecule has 112 valence electrons. The predicted octanol–water partition coefficient (Wildman–Crippen LogP) is 1.34. The zero-order valence-electron chi connectivity index (χ0n) is 12.1. The molecular formula is C15H19N3O3. The Balaban J connectivity index is 1.74. The number of amides is 2. The van der Waals surface area contributed by atoms with Gasteiger partial charge in [-0.1, -0.05) is 6.92 Å². The van der Waals surface area contributed by atoms with Crippen molar-refractivity contribution in [1.82, 2.24) is 5.32 Å². The minimum absolute atomic E-state index is 0.0450. The zero-order valence-corrected chi connectivity index (χ0v) is 12.1. The van der Waals surface area contributed by atoms with Gasteiger partial charge in [-0.3, -0.25) is 9.59 Å². The Labute approximate surface area is 123 Å². The lowest BCUT2D eigenvalue weighted by molar-refractivity contribution is -0.122. The van der Waals surface area contributed by atoms with Gasteiger partial charge >= 0.3 is 0 Å². The summed E-state index contributed by atoms with van der Waals surface area (Å²) in [6.07, 6.45) is 0.505. The Kier molecular flexibility index (Phi) is 3.55. The predicted molar refractivity (Wildman–Crippen MR) is 79.4 cm³/mol. The third-order valence-electron chi connectivity index (χ3n) is 3.99. The average Bonchev–Trinajstić information content (AvgIpc) is 2.87. The summed E-state index contributed by atoms with van der Waals surface area (Å²) in [6.45, 7) is 4.62. The second kappa shape index (κ2) is 5.37. The summed E-state index contributed by atoms with van der Waals surface area (Å²) in [7, 11) is 0. The second-order valence-electron chi connectivity index (χ2n) is 5.65. The van der Waals surface area contributed by atoms with Gasteiger partial charge in [0.15, 0.2) is 6.10 Å². The van der Waals surface area contributed by atoms with Crippen LogP contribution >= 0.6 is 0 Å².